The lowest BCUT2D eigenvalue weighted by molar-refractivity contribution is 0.131. The Labute approximate surface area is 287 Å². The molecule has 0 aliphatic heterocycles. The van der Waals surface area contributed by atoms with E-state index in [0.717, 1.165) is 17.2 Å². The van der Waals surface area contributed by atoms with Crippen molar-refractivity contribution in [1.29, 1.82) is 0 Å². The first-order valence-electron chi connectivity index (χ1n) is 16.6. The highest BCUT2D eigenvalue weighted by atomic mass is 32.2. The molecule has 0 bridgehead atoms. The highest BCUT2D eigenvalue weighted by Crippen LogP contribution is 2.38. The summed E-state index contributed by atoms with van der Waals surface area (Å²) < 4.78 is 12.3. The van der Waals surface area contributed by atoms with Gasteiger partial charge in [-0.1, -0.05) is 121 Å². The summed E-state index contributed by atoms with van der Waals surface area (Å²) in [6.07, 6.45) is 0. The van der Waals surface area contributed by atoms with Gasteiger partial charge >= 0.3 is 0 Å². The number of ether oxygens (including phenoxy) is 2. The number of hydrogen-bond donors (Lipinski definition) is 0. The summed E-state index contributed by atoms with van der Waals surface area (Å²) >= 11 is 1.77. The van der Waals surface area contributed by atoms with Crippen molar-refractivity contribution in [2.75, 3.05) is 0 Å². The first kappa shape index (κ1) is 34.4. The van der Waals surface area contributed by atoms with Crippen LogP contribution in [0, 0.1) is 0 Å². The van der Waals surface area contributed by atoms with Crippen molar-refractivity contribution in [3.05, 3.63) is 149 Å². The first-order chi connectivity index (χ1) is 22.0. The zero-order chi connectivity index (χ0) is 34.0. The maximum absolute atomic E-state index is 6.22. The summed E-state index contributed by atoms with van der Waals surface area (Å²) in [5.41, 5.74) is 6.09. The van der Waals surface area contributed by atoms with E-state index in [4.69, 9.17) is 9.47 Å². The highest BCUT2D eigenvalue weighted by Gasteiger charge is 2.27. The molecule has 0 fully saturated rings. The topological polar surface area (TPSA) is 18.5 Å². The number of rotatable bonds is 9. The van der Waals surface area contributed by atoms with Gasteiger partial charge in [0.05, 0.1) is 0 Å². The van der Waals surface area contributed by atoms with E-state index in [1.807, 2.05) is 12.1 Å². The summed E-state index contributed by atoms with van der Waals surface area (Å²) in [4.78, 5) is 2.43. The fraction of sp³-hybridized carbons (Fsp3) is 0.318. The molecule has 0 amide bonds. The first-order valence-corrected chi connectivity index (χ1v) is 17.4. The smallest absolute Gasteiger partial charge is 0.127 e. The fourth-order valence-electron chi connectivity index (χ4n) is 5.74. The Balaban J connectivity index is 1.22. The lowest BCUT2D eigenvalue weighted by Crippen LogP contribution is -2.23. The molecular formula is C44H50O2S. The molecule has 5 rings (SSSR count). The molecule has 0 aliphatic carbocycles. The van der Waals surface area contributed by atoms with Crippen molar-refractivity contribution in [2.24, 2.45) is 0 Å². The van der Waals surface area contributed by atoms with Crippen LogP contribution in [0.2, 0.25) is 0 Å². The van der Waals surface area contributed by atoms with Crippen molar-refractivity contribution in [3.63, 3.8) is 0 Å². The molecule has 47 heavy (non-hydrogen) atoms. The molecule has 0 heterocycles. The maximum atomic E-state index is 6.22. The Hall–Kier alpha value is -3.95. The van der Waals surface area contributed by atoms with Crippen molar-refractivity contribution < 1.29 is 9.47 Å². The number of benzene rings is 5. The van der Waals surface area contributed by atoms with Gasteiger partial charge in [-0.15, -0.1) is 0 Å². The van der Waals surface area contributed by atoms with E-state index in [9.17, 15) is 0 Å². The van der Waals surface area contributed by atoms with E-state index >= 15 is 0 Å². The quantitative estimate of drug-likeness (QED) is 0.159. The minimum absolute atomic E-state index is 0.128. The van der Waals surface area contributed by atoms with Gasteiger partial charge in [0, 0.05) is 20.6 Å². The Morgan fingerprint density at radius 1 is 0.362 bits per heavy atom. The summed E-state index contributed by atoms with van der Waals surface area (Å²) in [6.45, 7) is 22.1. The zero-order valence-corrected chi connectivity index (χ0v) is 30.6. The van der Waals surface area contributed by atoms with E-state index in [0.29, 0.717) is 0 Å². The van der Waals surface area contributed by atoms with E-state index in [1.54, 1.807) is 11.8 Å². The van der Waals surface area contributed by atoms with Crippen molar-refractivity contribution >= 4 is 11.8 Å². The van der Waals surface area contributed by atoms with Gasteiger partial charge in [0.2, 0.25) is 0 Å². The zero-order valence-electron chi connectivity index (χ0n) is 29.8. The second kappa shape index (κ2) is 13.3. The van der Waals surface area contributed by atoms with Gasteiger partial charge in [0.15, 0.2) is 0 Å². The SMILES string of the molecule is CC(C)(C)Oc1ccc(C(C)(C)c2ccc(C(C)(C)c3ccc(Oc4ccc(Sc5ccc(C(C)(C)C)cc5)cc4)cc3)cc2)cc1. The minimum Gasteiger partial charge on any atom is -0.488 e. The van der Waals surface area contributed by atoms with Crippen LogP contribution in [0.15, 0.2) is 131 Å². The molecule has 0 N–H and O–H groups in total. The second-order valence-electron chi connectivity index (χ2n) is 15.5. The molecule has 0 saturated carbocycles. The fourth-order valence-corrected chi connectivity index (χ4v) is 6.56. The van der Waals surface area contributed by atoms with Gasteiger partial charge < -0.3 is 9.47 Å². The van der Waals surface area contributed by atoms with Crippen LogP contribution >= 0.6 is 11.8 Å². The molecule has 0 radical (unpaired) electrons. The average Bonchev–Trinajstić information content (AvgIpc) is 3.02. The van der Waals surface area contributed by atoms with Gasteiger partial charge in [-0.3, -0.25) is 0 Å². The van der Waals surface area contributed by atoms with Crippen LogP contribution in [0.25, 0.3) is 0 Å². The largest absolute Gasteiger partial charge is 0.488 e. The van der Waals surface area contributed by atoms with E-state index in [2.05, 4.69) is 178 Å². The Kier molecular flexibility index (Phi) is 9.71. The van der Waals surface area contributed by atoms with E-state index < -0.39 is 0 Å². The third-order valence-corrected chi connectivity index (χ3v) is 9.94. The molecule has 5 aromatic carbocycles. The molecule has 0 aromatic heterocycles. The van der Waals surface area contributed by atoms with Crippen LogP contribution in [0.3, 0.4) is 0 Å². The van der Waals surface area contributed by atoms with Gasteiger partial charge in [0.25, 0.3) is 0 Å². The van der Waals surface area contributed by atoms with E-state index in [-0.39, 0.29) is 21.8 Å². The molecule has 5 aromatic rings. The average molecular weight is 643 g/mol. The third-order valence-electron chi connectivity index (χ3n) is 8.92. The molecule has 0 aliphatic rings. The van der Waals surface area contributed by atoms with Crippen molar-refractivity contribution in [2.45, 2.75) is 101 Å². The summed E-state index contributed by atoms with van der Waals surface area (Å²) in [5.74, 6) is 2.56. The van der Waals surface area contributed by atoms with Crippen LogP contribution in [0.5, 0.6) is 17.2 Å². The second-order valence-corrected chi connectivity index (χ2v) is 16.7. The van der Waals surface area contributed by atoms with Crippen LogP contribution in [-0.2, 0) is 16.2 Å². The normalized spacial score (nSPS) is 12.6. The van der Waals surface area contributed by atoms with Gasteiger partial charge in [-0.25, -0.2) is 0 Å². The van der Waals surface area contributed by atoms with Crippen LogP contribution in [-0.4, -0.2) is 5.60 Å². The van der Waals surface area contributed by atoms with Gasteiger partial charge in [-0.2, -0.15) is 0 Å². The summed E-state index contributed by atoms with van der Waals surface area (Å²) in [7, 11) is 0. The summed E-state index contributed by atoms with van der Waals surface area (Å²) in [6, 6.07) is 43.3. The van der Waals surface area contributed by atoms with Crippen LogP contribution in [0.1, 0.15) is 97.1 Å². The lowest BCUT2D eigenvalue weighted by Gasteiger charge is -2.30. The lowest BCUT2D eigenvalue weighted by atomic mass is 9.74. The summed E-state index contributed by atoms with van der Waals surface area (Å²) in [5, 5.41) is 0. The van der Waals surface area contributed by atoms with Gasteiger partial charge in [0.1, 0.15) is 22.8 Å². The molecule has 0 spiro atoms. The third kappa shape index (κ3) is 8.51. The molecule has 244 valence electrons. The van der Waals surface area contributed by atoms with Crippen LogP contribution < -0.4 is 9.47 Å². The molecule has 0 atom stereocenters. The van der Waals surface area contributed by atoms with Gasteiger partial charge in [-0.05, 0) is 115 Å². The Morgan fingerprint density at radius 3 is 1.02 bits per heavy atom. The Morgan fingerprint density at radius 2 is 0.660 bits per heavy atom. The molecule has 3 heteroatoms. The van der Waals surface area contributed by atoms with Crippen molar-refractivity contribution in [3.8, 4) is 17.2 Å². The Bertz CT molecular complexity index is 1750. The maximum Gasteiger partial charge on any atom is 0.127 e. The highest BCUT2D eigenvalue weighted by molar-refractivity contribution is 7.99. The molecule has 2 nitrogen and oxygen atoms in total. The predicted octanol–water partition coefficient (Wildman–Crippen LogP) is 12.8. The standard InChI is InChI=1S/C44H50O2S/c1-41(2,3)31-19-27-39(28-20-31)47-40-29-25-37(26-30-40)45-36-21-15-34(16-22-36)43(7,8)32-11-13-33(14-12-32)44(9,10)35-17-23-38(24-18-35)46-42(4,5)6/h11-30H,1-10H3. The van der Waals surface area contributed by atoms with E-state index in [1.165, 1.54) is 37.6 Å². The molecule has 0 unspecified atom stereocenters. The predicted molar refractivity (Wildman–Crippen MR) is 200 cm³/mol. The molecular weight excluding hydrogens is 593 g/mol. The minimum atomic E-state index is -0.209. The van der Waals surface area contributed by atoms with Crippen molar-refractivity contribution in [1.82, 2.24) is 0 Å². The monoisotopic (exact) mass is 642 g/mol. The molecule has 0 saturated heterocycles. The van der Waals surface area contributed by atoms with Crippen LogP contribution in [0.4, 0.5) is 0 Å². The number of hydrogen-bond acceptors (Lipinski definition) is 3.